The number of halogens is 1. The van der Waals surface area contributed by atoms with E-state index in [4.69, 9.17) is 14.2 Å². The normalized spacial score (nSPS) is 19.6. The lowest BCUT2D eigenvalue weighted by Crippen LogP contribution is -2.20. The second kappa shape index (κ2) is 8.08. The molecule has 132 valence electrons. The highest BCUT2D eigenvalue weighted by molar-refractivity contribution is 14.1. The lowest BCUT2D eigenvalue weighted by Gasteiger charge is -2.16. The number of hydrogen-bond donors (Lipinski definition) is 0. The summed E-state index contributed by atoms with van der Waals surface area (Å²) in [5.41, 5.74) is 2.29. The van der Waals surface area contributed by atoms with Crippen LogP contribution in [0.15, 0.2) is 42.5 Å². The molecule has 1 aliphatic rings. The summed E-state index contributed by atoms with van der Waals surface area (Å²) in [6.07, 6.45) is 1.49. The zero-order chi connectivity index (χ0) is 17.8. The fourth-order valence-electron chi connectivity index (χ4n) is 3.24. The minimum atomic E-state index is -0.104. The molecule has 25 heavy (non-hydrogen) atoms. The molecule has 5 heteroatoms. The smallest absolute Gasteiger partial charge is 0.309 e. The summed E-state index contributed by atoms with van der Waals surface area (Å²) >= 11 is 2.28. The molecule has 1 fully saturated rings. The van der Waals surface area contributed by atoms with Crippen LogP contribution in [0.3, 0.4) is 0 Å². The van der Waals surface area contributed by atoms with Gasteiger partial charge in [0.15, 0.2) is 11.5 Å². The number of benzene rings is 2. The van der Waals surface area contributed by atoms with Gasteiger partial charge in [-0.1, -0.05) is 18.2 Å². The van der Waals surface area contributed by atoms with Gasteiger partial charge in [0.1, 0.15) is 0 Å². The molecule has 1 saturated heterocycles. The number of carbonyl (C=O) groups excluding carboxylic acids is 1. The monoisotopic (exact) mass is 452 g/mol. The summed E-state index contributed by atoms with van der Waals surface area (Å²) in [4.78, 5) is 12.2. The summed E-state index contributed by atoms with van der Waals surface area (Å²) in [6.45, 7) is 0.474. The molecule has 0 aromatic heterocycles. The highest BCUT2D eigenvalue weighted by Crippen LogP contribution is 2.33. The molecule has 2 atom stereocenters. The highest BCUT2D eigenvalue weighted by atomic mass is 127. The van der Waals surface area contributed by atoms with Gasteiger partial charge in [0, 0.05) is 9.49 Å². The molecule has 0 unspecified atom stereocenters. The second-order valence-corrected chi connectivity index (χ2v) is 7.47. The van der Waals surface area contributed by atoms with Crippen LogP contribution in [0.2, 0.25) is 0 Å². The van der Waals surface area contributed by atoms with Crippen LogP contribution in [0.25, 0.3) is 0 Å². The van der Waals surface area contributed by atoms with E-state index in [1.54, 1.807) is 14.2 Å². The van der Waals surface area contributed by atoms with Gasteiger partial charge < -0.3 is 14.2 Å². The maximum Gasteiger partial charge on any atom is 0.309 e. The van der Waals surface area contributed by atoms with Crippen molar-refractivity contribution in [2.45, 2.75) is 12.8 Å². The first-order valence-corrected chi connectivity index (χ1v) is 9.30. The Morgan fingerprint density at radius 3 is 2.36 bits per heavy atom. The summed E-state index contributed by atoms with van der Waals surface area (Å²) in [7, 11) is 3.25. The Morgan fingerprint density at radius 2 is 1.68 bits per heavy atom. The number of methoxy groups -OCH3 is 2. The first-order chi connectivity index (χ1) is 12.1. The zero-order valence-corrected chi connectivity index (χ0v) is 16.5. The quantitative estimate of drug-likeness (QED) is 0.493. The molecule has 0 amide bonds. The Kier molecular flexibility index (Phi) is 5.83. The van der Waals surface area contributed by atoms with Gasteiger partial charge >= 0.3 is 5.97 Å². The van der Waals surface area contributed by atoms with E-state index in [2.05, 4.69) is 46.9 Å². The third-order valence-corrected chi connectivity index (χ3v) is 5.35. The molecule has 0 aliphatic carbocycles. The van der Waals surface area contributed by atoms with E-state index in [9.17, 15) is 4.79 Å². The van der Waals surface area contributed by atoms with E-state index >= 15 is 0 Å². The number of ether oxygens (including phenoxy) is 3. The lowest BCUT2D eigenvalue weighted by molar-refractivity contribution is -0.141. The number of esters is 1. The molecule has 0 spiro atoms. The van der Waals surface area contributed by atoms with E-state index < -0.39 is 0 Å². The molecule has 0 radical (unpaired) electrons. The van der Waals surface area contributed by atoms with Crippen molar-refractivity contribution in [1.29, 1.82) is 0 Å². The first kappa shape index (κ1) is 18.0. The van der Waals surface area contributed by atoms with E-state index in [0.717, 1.165) is 12.0 Å². The molecule has 1 heterocycles. The fourth-order valence-corrected chi connectivity index (χ4v) is 3.60. The summed E-state index contributed by atoms with van der Waals surface area (Å²) in [6, 6.07) is 14.2. The van der Waals surface area contributed by atoms with Crippen LogP contribution in [0, 0.1) is 15.4 Å². The van der Waals surface area contributed by atoms with E-state index in [1.807, 2.05) is 18.2 Å². The van der Waals surface area contributed by atoms with Crippen molar-refractivity contribution in [2.75, 3.05) is 20.8 Å². The van der Waals surface area contributed by atoms with Gasteiger partial charge in [-0.3, -0.25) is 4.79 Å². The predicted octanol–water partition coefficient (Wildman–Crippen LogP) is 3.88. The van der Waals surface area contributed by atoms with Gasteiger partial charge in [-0.25, -0.2) is 0 Å². The minimum Gasteiger partial charge on any atom is -0.493 e. The van der Waals surface area contributed by atoms with Crippen molar-refractivity contribution in [2.24, 2.45) is 11.8 Å². The number of cyclic esters (lactones) is 1. The molecular weight excluding hydrogens is 431 g/mol. The number of rotatable bonds is 6. The van der Waals surface area contributed by atoms with Crippen molar-refractivity contribution in [1.82, 2.24) is 0 Å². The first-order valence-electron chi connectivity index (χ1n) is 8.22. The van der Waals surface area contributed by atoms with Crippen molar-refractivity contribution in [3.63, 3.8) is 0 Å². The van der Waals surface area contributed by atoms with Crippen molar-refractivity contribution < 1.29 is 19.0 Å². The highest BCUT2D eigenvalue weighted by Gasteiger charge is 2.36. The SMILES string of the molecule is COc1ccc(C[C@@H]2COC(=O)[C@H]2Cc2ccc(I)cc2)cc1OC. The molecule has 0 saturated carbocycles. The van der Waals surface area contributed by atoms with Crippen LogP contribution in [0.1, 0.15) is 11.1 Å². The fraction of sp³-hybridized carbons (Fsp3) is 0.350. The van der Waals surface area contributed by atoms with Gasteiger partial charge in [-0.15, -0.1) is 0 Å². The average Bonchev–Trinajstić information content (AvgIpc) is 2.96. The topological polar surface area (TPSA) is 44.8 Å². The summed E-state index contributed by atoms with van der Waals surface area (Å²) in [5, 5.41) is 0. The van der Waals surface area contributed by atoms with Crippen molar-refractivity contribution >= 4 is 28.6 Å². The Labute approximate surface area is 161 Å². The Morgan fingerprint density at radius 1 is 1.00 bits per heavy atom. The molecule has 2 aromatic carbocycles. The molecular formula is C20H21IO4. The standard InChI is InChI=1S/C20H21IO4/c1-23-18-8-5-14(11-19(18)24-2)9-15-12-25-20(22)17(15)10-13-3-6-16(21)7-4-13/h3-8,11,15,17H,9-10,12H2,1-2H3/t15-,17+/m1/s1. The number of carbonyl (C=O) groups is 1. The summed E-state index contributed by atoms with van der Waals surface area (Å²) in [5.74, 6) is 1.39. The van der Waals surface area contributed by atoms with Crippen molar-refractivity contribution in [3.05, 3.63) is 57.2 Å². The van der Waals surface area contributed by atoms with Gasteiger partial charge in [0.25, 0.3) is 0 Å². The third-order valence-electron chi connectivity index (χ3n) is 4.63. The van der Waals surface area contributed by atoms with Gasteiger partial charge in [-0.2, -0.15) is 0 Å². The summed E-state index contributed by atoms with van der Waals surface area (Å²) < 4.78 is 17.2. The number of hydrogen-bond acceptors (Lipinski definition) is 4. The van der Waals surface area contributed by atoms with Crippen LogP contribution in [0.5, 0.6) is 11.5 Å². The molecule has 2 aromatic rings. The van der Waals surface area contributed by atoms with Crippen LogP contribution < -0.4 is 9.47 Å². The van der Waals surface area contributed by atoms with Crippen LogP contribution in [0.4, 0.5) is 0 Å². The maximum absolute atomic E-state index is 12.2. The largest absolute Gasteiger partial charge is 0.493 e. The van der Waals surface area contributed by atoms with Crippen molar-refractivity contribution in [3.8, 4) is 11.5 Å². The average molecular weight is 452 g/mol. The molecule has 0 bridgehead atoms. The van der Waals surface area contributed by atoms with Gasteiger partial charge in [0.2, 0.25) is 0 Å². The van der Waals surface area contributed by atoms with Crippen LogP contribution >= 0.6 is 22.6 Å². The van der Waals surface area contributed by atoms with E-state index in [1.165, 1.54) is 9.13 Å². The minimum absolute atomic E-state index is 0.0935. The molecule has 3 rings (SSSR count). The van der Waals surface area contributed by atoms with Crippen LogP contribution in [-0.2, 0) is 22.4 Å². The van der Waals surface area contributed by atoms with Gasteiger partial charge in [-0.05, 0) is 70.8 Å². The molecule has 0 N–H and O–H groups in total. The van der Waals surface area contributed by atoms with Crippen LogP contribution in [-0.4, -0.2) is 26.8 Å². The maximum atomic E-state index is 12.2. The predicted molar refractivity (Wildman–Crippen MR) is 104 cm³/mol. The Balaban J connectivity index is 1.74. The Bertz CT molecular complexity index is 742. The molecule has 4 nitrogen and oxygen atoms in total. The van der Waals surface area contributed by atoms with E-state index in [0.29, 0.717) is 24.5 Å². The third kappa shape index (κ3) is 4.26. The molecule has 1 aliphatic heterocycles. The van der Waals surface area contributed by atoms with Gasteiger partial charge in [0.05, 0.1) is 26.7 Å². The Hall–Kier alpha value is -1.76. The second-order valence-electron chi connectivity index (χ2n) is 6.22. The lowest BCUT2D eigenvalue weighted by atomic mass is 9.85. The zero-order valence-electron chi connectivity index (χ0n) is 14.3. The van der Waals surface area contributed by atoms with E-state index in [-0.39, 0.29) is 17.8 Å².